The number of carbonyl (C=O) groups is 1. The van der Waals surface area contributed by atoms with Crippen LogP contribution in [0, 0.1) is 46.3 Å². The summed E-state index contributed by atoms with van der Waals surface area (Å²) in [6, 6.07) is 0. The molecule has 4 fully saturated rings. The van der Waals surface area contributed by atoms with Crippen molar-refractivity contribution >= 4 is 5.97 Å². The van der Waals surface area contributed by atoms with Gasteiger partial charge >= 0.3 is 5.97 Å². The van der Waals surface area contributed by atoms with Crippen molar-refractivity contribution in [3.63, 3.8) is 0 Å². The van der Waals surface area contributed by atoms with Crippen molar-refractivity contribution in [2.75, 3.05) is 0 Å². The Morgan fingerprint density at radius 1 is 1.07 bits per heavy atom. The number of aliphatic carboxylic acids is 1. The first-order chi connectivity index (χ1) is 13.2. The molecule has 4 nitrogen and oxygen atoms in total. The number of aliphatic hydroxyl groups excluding tert-OH is 2. The summed E-state index contributed by atoms with van der Waals surface area (Å²) in [6.45, 7) is 7.06. The maximum atomic E-state index is 11.4. The quantitative estimate of drug-likeness (QED) is 0.659. The van der Waals surface area contributed by atoms with Crippen molar-refractivity contribution in [3.05, 3.63) is 0 Å². The van der Waals surface area contributed by atoms with Crippen LogP contribution in [0.1, 0.15) is 85.0 Å². The number of carboxylic acid groups (broad SMARTS) is 1. The second kappa shape index (κ2) is 7.27. The average Bonchev–Trinajstić information content (AvgIpc) is 2.96. The minimum Gasteiger partial charge on any atom is -0.481 e. The Bertz CT molecular complexity index is 605. The molecule has 0 heterocycles. The largest absolute Gasteiger partial charge is 0.481 e. The Morgan fingerprint density at radius 3 is 2.54 bits per heavy atom. The molecular formula is C24H40O4. The summed E-state index contributed by atoms with van der Waals surface area (Å²) in [4.78, 5) is 11.1. The summed E-state index contributed by atoms with van der Waals surface area (Å²) in [5.41, 5.74) is 0.325. The van der Waals surface area contributed by atoms with E-state index in [1.807, 2.05) is 0 Å². The molecule has 4 aliphatic rings. The van der Waals surface area contributed by atoms with Crippen molar-refractivity contribution in [3.8, 4) is 0 Å². The molecule has 0 bridgehead atoms. The van der Waals surface area contributed by atoms with Crippen LogP contribution < -0.4 is 0 Å². The SMILES string of the molecule is C[C@H](CCC(=O)O)[C@H]1CC[C@H]2[C@@H]3CCC4C[C@H](O)CC[C@]4(C)[C@H]3[C@H](O)C[C@]12C. The van der Waals surface area contributed by atoms with Crippen LogP contribution in [-0.4, -0.2) is 33.5 Å². The molecule has 0 spiro atoms. The lowest BCUT2D eigenvalue weighted by Crippen LogP contribution is -2.59. The van der Waals surface area contributed by atoms with Crippen LogP contribution >= 0.6 is 0 Å². The van der Waals surface area contributed by atoms with Gasteiger partial charge in [-0.2, -0.15) is 0 Å². The zero-order valence-electron chi connectivity index (χ0n) is 17.9. The Balaban J connectivity index is 1.56. The van der Waals surface area contributed by atoms with E-state index in [2.05, 4.69) is 20.8 Å². The number of hydrogen-bond donors (Lipinski definition) is 3. The summed E-state index contributed by atoms with van der Waals surface area (Å²) < 4.78 is 0. The molecule has 0 aromatic rings. The zero-order valence-corrected chi connectivity index (χ0v) is 17.9. The lowest BCUT2D eigenvalue weighted by molar-refractivity contribution is -0.179. The predicted octanol–water partition coefficient (Wildman–Crippen LogP) is 4.48. The van der Waals surface area contributed by atoms with E-state index in [9.17, 15) is 15.0 Å². The lowest BCUT2D eigenvalue weighted by atomic mass is 9.43. The fourth-order valence-electron chi connectivity index (χ4n) is 8.89. The van der Waals surface area contributed by atoms with Crippen molar-refractivity contribution in [1.29, 1.82) is 0 Å². The number of hydrogen-bond acceptors (Lipinski definition) is 3. The molecule has 0 radical (unpaired) electrons. The predicted molar refractivity (Wildman–Crippen MR) is 109 cm³/mol. The maximum absolute atomic E-state index is 11.4. The van der Waals surface area contributed by atoms with Crippen LogP contribution in [0.15, 0.2) is 0 Å². The molecule has 3 N–H and O–H groups in total. The van der Waals surface area contributed by atoms with Gasteiger partial charge in [0.1, 0.15) is 0 Å². The molecule has 4 heteroatoms. The third-order valence-electron chi connectivity index (χ3n) is 10.1. The molecule has 1 unspecified atom stereocenters. The Labute approximate surface area is 170 Å². The van der Waals surface area contributed by atoms with Crippen LogP contribution in [0.25, 0.3) is 0 Å². The van der Waals surface area contributed by atoms with Gasteiger partial charge in [-0.05, 0) is 104 Å². The van der Waals surface area contributed by atoms with Crippen molar-refractivity contribution < 1.29 is 20.1 Å². The minimum absolute atomic E-state index is 0.147. The Morgan fingerprint density at radius 2 is 1.82 bits per heavy atom. The smallest absolute Gasteiger partial charge is 0.303 e. The van der Waals surface area contributed by atoms with Crippen LogP contribution in [0.3, 0.4) is 0 Å². The number of carboxylic acids is 1. The van der Waals surface area contributed by atoms with Gasteiger partial charge in [-0.15, -0.1) is 0 Å². The summed E-state index contributed by atoms with van der Waals surface area (Å²) >= 11 is 0. The molecule has 4 aliphatic carbocycles. The Kier molecular flexibility index (Phi) is 5.36. The molecule has 28 heavy (non-hydrogen) atoms. The fraction of sp³-hybridized carbons (Fsp3) is 0.958. The summed E-state index contributed by atoms with van der Waals surface area (Å²) in [7, 11) is 0. The number of fused-ring (bicyclic) bond motifs is 5. The van der Waals surface area contributed by atoms with Crippen molar-refractivity contribution in [1.82, 2.24) is 0 Å². The van der Waals surface area contributed by atoms with E-state index in [1.54, 1.807) is 0 Å². The second-order valence-corrected chi connectivity index (χ2v) is 11.4. The molecular weight excluding hydrogens is 352 g/mol. The first-order valence-corrected chi connectivity index (χ1v) is 11.7. The molecule has 0 aliphatic heterocycles. The van der Waals surface area contributed by atoms with E-state index >= 15 is 0 Å². The van der Waals surface area contributed by atoms with E-state index in [-0.39, 0.29) is 29.5 Å². The highest BCUT2D eigenvalue weighted by atomic mass is 16.4. The minimum atomic E-state index is -0.693. The van der Waals surface area contributed by atoms with E-state index in [1.165, 1.54) is 25.7 Å². The zero-order chi connectivity index (χ0) is 20.3. The third-order valence-corrected chi connectivity index (χ3v) is 10.1. The van der Waals surface area contributed by atoms with E-state index in [4.69, 9.17) is 5.11 Å². The van der Waals surface area contributed by atoms with Gasteiger partial charge in [-0.1, -0.05) is 20.8 Å². The molecule has 4 rings (SSSR count). The van der Waals surface area contributed by atoms with Crippen LogP contribution in [-0.2, 0) is 4.79 Å². The van der Waals surface area contributed by atoms with Gasteiger partial charge in [0.2, 0.25) is 0 Å². The molecule has 10 atom stereocenters. The summed E-state index contributed by atoms with van der Waals surface area (Å²) in [6.07, 6.45) is 9.20. The van der Waals surface area contributed by atoms with E-state index < -0.39 is 5.97 Å². The average molecular weight is 393 g/mol. The number of aliphatic hydroxyl groups is 2. The van der Waals surface area contributed by atoms with Gasteiger partial charge in [0.25, 0.3) is 0 Å². The third kappa shape index (κ3) is 3.14. The lowest BCUT2D eigenvalue weighted by Gasteiger charge is -2.62. The van der Waals surface area contributed by atoms with Gasteiger partial charge < -0.3 is 15.3 Å². The molecule has 0 aromatic carbocycles. The Hall–Kier alpha value is -0.610. The normalized spacial score (nSPS) is 51.7. The molecule has 0 saturated heterocycles. The van der Waals surface area contributed by atoms with E-state index in [0.29, 0.717) is 35.5 Å². The summed E-state index contributed by atoms with van der Waals surface area (Å²) in [5.74, 6) is 2.46. The topological polar surface area (TPSA) is 77.8 Å². The first kappa shape index (κ1) is 20.7. The molecule has 160 valence electrons. The second-order valence-electron chi connectivity index (χ2n) is 11.4. The highest BCUT2D eigenvalue weighted by Gasteiger charge is 2.63. The van der Waals surface area contributed by atoms with Gasteiger partial charge in [-0.25, -0.2) is 0 Å². The van der Waals surface area contributed by atoms with Gasteiger partial charge in [0.15, 0.2) is 0 Å². The van der Waals surface area contributed by atoms with Crippen molar-refractivity contribution in [2.24, 2.45) is 46.3 Å². The van der Waals surface area contributed by atoms with Gasteiger partial charge in [0.05, 0.1) is 12.2 Å². The van der Waals surface area contributed by atoms with E-state index in [0.717, 1.165) is 32.1 Å². The van der Waals surface area contributed by atoms with Crippen LogP contribution in [0.5, 0.6) is 0 Å². The highest BCUT2D eigenvalue weighted by molar-refractivity contribution is 5.66. The maximum Gasteiger partial charge on any atom is 0.303 e. The molecule has 0 aromatic heterocycles. The van der Waals surface area contributed by atoms with Gasteiger partial charge in [0, 0.05) is 6.42 Å². The van der Waals surface area contributed by atoms with Crippen molar-refractivity contribution in [2.45, 2.75) is 97.2 Å². The fourth-order valence-corrected chi connectivity index (χ4v) is 8.89. The monoisotopic (exact) mass is 392 g/mol. The standard InChI is InChI=1S/C24H40O4/c1-14(4-9-21(27)28)18-7-8-19-17-6-5-15-12-16(25)10-11-23(15,2)22(17)20(26)13-24(18,19)3/h14-20,22,25-26H,4-13H2,1-3H3,(H,27,28)/t14-,15?,16-,17+,18-,19+,20-,22-,23+,24-/m1/s1. The van der Waals surface area contributed by atoms with Crippen LogP contribution in [0.4, 0.5) is 0 Å². The van der Waals surface area contributed by atoms with Gasteiger partial charge in [-0.3, -0.25) is 4.79 Å². The molecule has 0 amide bonds. The summed E-state index contributed by atoms with van der Waals surface area (Å²) in [5, 5.41) is 30.7. The van der Waals surface area contributed by atoms with Crippen LogP contribution in [0.2, 0.25) is 0 Å². The highest BCUT2D eigenvalue weighted by Crippen LogP contribution is 2.68. The number of rotatable bonds is 4. The molecule has 4 saturated carbocycles. The first-order valence-electron chi connectivity index (χ1n) is 11.7.